The van der Waals surface area contributed by atoms with Gasteiger partial charge in [-0.15, -0.1) is 0 Å². The average molecular weight is 404 g/mol. The standard InChI is InChI=1S/C22H28O7/c1-12-8-18-22-11-27-20(25)21(12,9-16(24)14-6-7-26-10-14)17(22)5-3-4-15(22)19(29-18)28-13(2)23/h6-7,10,12,15-19,24H,3-5,8-9,11H2,1-2H3. The highest BCUT2D eigenvalue weighted by Gasteiger charge is 2.75. The minimum absolute atomic E-state index is 0.0150. The molecule has 3 heterocycles. The van der Waals surface area contributed by atoms with Crippen LogP contribution in [0.4, 0.5) is 0 Å². The van der Waals surface area contributed by atoms with Gasteiger partial charge in [0.05, 0.1) is 30.1 Å². The smallest absolute Gasteiger partial charge is 0.312 e. The van der Waals surface area contributed by atoms with Crippen molar-refractivity contribution >= 4 is 11.9 Å². The van der Waals surface area contributed by atoms with Crippen LogP contribution in [0, 0.1) is 28.6 Å². The van der Waals surface area contributed by atoms with Gasteiger partial charge in [-0.2, -0.15) is 0 Å². The second-order valence-corrected chi connectivity index (χ2v) is 9.33. The Labute approximate surface area is 169 Å². The molecule has 5 rings (SSSR count). The van der Waals surface area contributed by atoms with Gasteiger partial charge >= 0.3 is 11.9 Å². The molecule has 0 amide bonds. The summed E-state index contributed by atoms with van der Waals surface area (Å²) in [4.78, 5) is 25.0. The summed E-state index contributed by atoms with van der Waals surface area (Å²) in [5.41, 5.74) is -0.457. The third-order valence-electron chi connectivity index (χ3n) is 8.22. The summed E-state index contributed by atoms with van der Waals surface area (Å²) in [7, 11) is 0. The van der Waals surface area contributed by atoms with Crippen LogP contribution in [0.2, 0.25) is 0 Å². The van der Waals surface area contributed by atoms with Gasteiger partial charge in [0.2, 0.25) is 6.29 Å². The molecule has 8 atom stereocenters. The molecular formula is C22H28O7. The Kier molecular flexibility index (Phi) is 4.33. The molecule has 2 bridgehead atoms. The van der Waals surface area contributed by atoms with Gasteiger partial charge in [-0.1, -0.05) is 13.3 Å². The van der Waals surface area contributed by atoms with E-state index in [1.807, 2.05) is 0 Å². The normalized spacial score (nSPS) is 44.0. The second-order valence-electron chi connectivity index (χ2n) is 9.33. The molecule has 2 aliphatic heterocycles. The van der Waals surface area contributed by atoms with Crippen LogP contribution in [0.25, 0.3) is 0 Å². The van der Waals surface area contributed by atoms with Crippen molar-refractivity contribution in [1.29, 1.82) is 0 Å². The lowest BCUT2D eigenvalue weighted by Crippen LogP contribution is -2.67. The first-order valence-corrected chi connectivity index (χ1v) is 10.6. The number of aliphatic hydroxyl groups is 1. The van der Waals surface area contributed by atoms with Gasteiger partial charge in [0, 0.05) is 23.8 Å². The number of rotatable bonds is 4. The van der Waals surface area contributed by atoms with Crippen LogP contribution < -0.4 is 0 Å². The Bertz CT molecular complexity index is 804. The van der Waals surface area contributed by atoms with E-state index in [0.717, 1.165) is 19.3 Å². The van der Waals surface area contributed by atoms with Crippen LogP contribution in [0.5, 0.6) is 0 Å². The number of esters is 2. The van der Waals surface area contributed by atoms with Crippen molar-refractivity contribution in [3.63, 3.8) is 0 Å². The summed E-state index contributed by atoms with van der Waals surface area (Å²) in [5.74, 6) is -0.533. The first kappa shape index (κ1) is 19.1. The Morgan fingerprint density at radius 3 is 2.97 bits per heavy atom. The monoisotopic (exact) mass is 404 g/mol. The van der Waals surface area contributed by atoms with E-state index in [0.29, 0.717) is 25.0 Å². The van der Waals surface area contributed by atoms with Crippen LogP contribution in [0.3, 0.4) is 0 Å². The fourth-order valence-corrected chi connectivity index (χ4v) is 7.03. The molecular weight excluding hydrogens is 376 g/mol. The Morgan fingerprint density at radius 1 is 1.41 bits per heavy atom. The van der Waals surface area contributed by atoms with Crippen molar-refractivity contribution in [2.75, 3.05) is 6.61 Å². The van der Waals surface area contributed by atoms with E-state index < -0.39 is 17.8 Å². The predicted molar refractivity (Wildman–Crippen MR) is 99.1 cm³/mol. The van der Waals surface area contributed by atoms with Crippen molar-refractivity contribution < 1.29 is 33.3 Å². The summed E-state index contributed by atoms with van der Waals surface area (Å²) >= 11 is 0. The maximum absolute atomic E-state index is 13.3. The van der Waals surface area contributed by atoms with E-state index in [9.17, 15) is 14.7 Å². The van der Waals surface area contributed by atoms with Gasteiger partial charge in [0.1, 0.15) is 6.61 Å². The van der Waals surface area contributed by atoms with Crippen molar-refractivity contribution in [1.82, 2.24) is 0 Å². The largest absolute Gasteiger partial charge is 0.472 e. The number of ether oxygens (including phenoxy) is 3. The summed E-state index contributed by atoms with van der Waals surface area (Å²) in [6.07, 6.45) is 5.27. The molecule has 7 nitrogen and oxygen atoms in total. The van der Waals surface area contributed by atoms with Gasteiger partial charge in [-0.05, 0) is 43.6 Å². The molecule has 2 saturated heterocycles. The first-order valence-electron chi connectivity index (χ1n) is 10.6. The van der Waals surface area contributed by atoms with E-state index in [-0.39, 0.29) is 41.2 Å². The first-order chi connectivity index (χ1) is 13.9. The van der Waals surface area contributed by atoms with E-state index >= 15 is 0 Å². The van der Waals surface area contributed by atoms with Crippen molar-refractivity contribution in [3.05, 3.63) is 24.2 Å². The number of hydrogen-bond donors (Lipinski definition) is 1. The molecule has 7 heteroatoms. The zero-order chi connectivity index (χ0) is 20.4. The van der Waals surface area contributed by atoms with E-state index in [1.165, 1.54) is 19.5 Å². The van der Waals surface area contributed by atoms with Gasteiger partial charge in [0.25, 0.3) is 0 Å². The summed E-state index contributed by atoms with van der Waals surface area (Å²) in [6, 6.07) is 1.74. The van der Waals surface area contributed by atoms with Gasteiger partial charge in [-0.3, -0.25) is 9.59 Å². The number of hydrogen-bond acceptors (Lipinski definition) is 7. The number of carbonyl (C=O) groups excluding carboxylic acids is 2. The van der Waals surface area contributed by atoms with Crippen LogP contribution >= 0.6 is 0 Å². The minimum Gasteiger partial charge on any atom is -0.472 e. The Hall–Kier alpha value is -1.86. The van der Waals surface area contributed by atoms with Crippen LogP contribution in [0.1, 0.15) is 57.6 Å². The molecule has 1 aromatic heterocycles. The van der Waals surface area contributed by atoms with Crippen LogP contribution in [0.15, 0.2) is 23.0 Å². The molecule has 4 aliphatic rings. The fraction of sp³-hybridized carbons (Fsp3) is 0.727. The van der Waals surface area contributed by atoms with E-state index in [4.69, 9.17) is 18.6 Å². The molecule has 2 saturated carbocycles. The quantitative estimate of drug-likeness (QED) is 0.771. The lowest BCUT2D eigenvalue weighted by Gasteiger charge is -2.63. The number of furan rings is 1. The molecule has 0 radical (unpaired) electrons. The number of carbonyl (C=O) groups is 2. The van der Waals surface area contributed by atoms with Crippen molar-refractivity contribution in [3.8, 4) is 0 Å². The predicted octanol–water partition coefficient (Wildman–Crippen LogP) is 2.98. The van der Waals surface area contributed by atoms with Gasteiger partial charge in [-0.25, -0.2) is 0 Å². The molecule has 158 valence electrons. The van der Waals surface area contributed by atoms with Crippen molar-refractivity contribution in [2.45, 2.75) is 64.4 Å². The lowest BCUT2D eigenvalue weighted by molar-refractivity contribution is -0.238. The summed E-state index contributed by atoms with van der Waals surface area (Å²) in [6.45, 7) is 3.77. The van der Waals surface area contributed by atoms with Crippen LogP contribution in [-0.4, -0.2) is 36.0 Å². The number of cyclic esters (lactones) is 1. The zero-order valence-electron chi connectivity index (χ0n) is 16.8. The van der Waals surface area contributed by atoms with Crippen molar-refractivity contribution in [2.24, 2.45) is 28.6 Å². The maximum atomic E-state index is 13.3. The molecule has 0 aromatic carbocycles. The molecule has 29 heavy (non-hydrogen) atoms. The molecule has 1 spiro atoms. The molecule has 1 N–H and O–H groups in total. The summed E-state index contributed by atoms with van der Waals surface area (Å²) < 4.78 is 22.8. The molecule has 1 aromatic rings. The maximum Gasteiger partial charge on any atom is 0.312 e. The zero-order valence-corrected chi connectivity index (χ0v) is 16.8. The SMILES string of the molecule is CC(=O)OC1OC2CC(C)C3(CC(O)c4ccoc4)C(=O)OCC24C1CCCC34. The Balaban J connectivity index is 1.56. The van der Waals surface area contributed by atoms with E-state index in [1.54, 1.807) is 6.07 Å². The van der Waals surface area contributed by atoms with Crippen LogP contribution in [-0.2, 0) is 23.8 Å². The highest BCUT2D eigenvalue weighted by Crippen LogP contribution is 2.70. The Morgan fingerprint density at radius 2 is 2.24 bits per heavy atom. The second kappa shape index (κ2) is 6.57. The molecule has 8 unspecified atom stereocenters. The minimum atomic E-state index is -0.803. The highest BCUT2D eigenvalue weighted by molar-refractivity contribution is 5.79. The molecule has 2 aliphatic carbocycles. The fourth-order valence-electron chi connectivity index (χ4n) is 7.03. The summed E-state index contributed by atoms with van der Waals surface area (Å²) in [5, 5.41) is 10.9. The lowest BCUT2D eigenvalue weighted by atomic mass is 9.42. The topological polar surface area (TPSA) is 95.2 Å². The van der Waals surface area contributed by atoms with E-state index in [2.05, 4.69) is 6.92 Å². The molecule has 4 fully saturated rings. The third kappa shape index (κ3) is 2.49. The number of aliphatic hydroxyl groups excluding tert-OH is 1. The van der Waals surface area contributed by atoms with Gasteiger partial charge < -0.3 is 23.7 Å². The van der Waals surface area contributed by atoms with Gasteiger partial charge in [0.15, 0.2) is 0 Å². The average Bonchev–Trinajstić information content (AvgIpc) is 3.30. The highest BCUT2D eigenvalue weighted by atomic mass is 16.7. The third-order valence-corrected chi connectivity index (χ3v) is 8.22.